The molecule has 2 aromatic carbocycles. The molecule has 0 aliphatic carbocycles. The summed E-state index contributed by atoms with van der Waals surface area (Å²) in [5.41, 5.74) is 2.99. The zero-order valence-electron chi connectivity index (χ0n) is 12.1. The maximum atomic E-state index is 2.38. The average molecular weight is 252 g/mol. The third-order valence-electron chi connectivity index (χ3n) is 4.10. The molecule has 100 valence electrons. The highest BCUT2D eigenvalue weighted by atomic mass is 14.3. The molecule has 0 nitrogen and oxygen atoms in total. The Morgan fingerprint density at radius 2 is 1.21 bits per heavy atom. The molecule has 0 N–H and O–H groups in total. The van der Waals surface area contributed by atoms with Crippen molar-refractivity contribution in [3.8, 4) is 0 Å². The van der Waals surface area contributed by atoms with Gasteiger partial charge >= 0.3 is 0 Å². The summed E-state index contributed by atoms with van der Waals surface area (Å²) in [5, 5.41) is 0. The minimum Gasteiger partial charge on any atom is -0.0654 e. The third-order valence-corrected chi connectivity index (χ3v) is 4.10. The smallest absolute Gasteiger partial charge is 0.0174 e. The zero-order valence-corrected chi connectivity index (χ0v) is 12.1. The SMILES string of the molecule is CCCCCC(C)(c1ccccc1)c1ccccc1. The van der Waals surface area contributed by atoms with Gasteiger partial charge in [0.25, 0.3) is 0 Å². The molecule has 0 heterocycles. The van der Waals surface area contributed by atoms with Gasteiger partial charge in [0.2, 0.25) is 0 Å². The van der Waals surface area contributed by atoms with Gasteiger partial charge in [-0.05, 0) is 17.5 Å². The molecule has 0 fully saturated rings. The summed E-state index contributed by atoms with van der Waals surface area (Å²) in [5.74, 6) is 0. The van der Waals surface area contributed by atoms with Crippen molar-refractivity contribution in [3.05, 3.63) is 71.8 Å². The lowest BCUT2D eigenvalue weighted by Gasteiger charge is -2.31. The lowest BCUT2D eigenvalue weighted by molar-refractivity contribution is 0.483. The van der Waals surface area contributed by atoms with Crippen LogP contribution in [0.4, 0.5) is 0 Å². The van der Waals surface area contributed by atoms with E-state index in [9.17, 15) is 0 Å². The second-order valence-corrected chi connectivity index (χ2v) is 5.52. The van der Waals surface area contributed by atoms with Crippen LogP contribution in [0, 0.1) is 0 Å². The fourth-order valence-electron chi connectivity index (χ4n) is 2.80. The van der Waals surface area contributed by atoms with Gasteiger partial charge in [-0.2, -0.15) is 0 Å². The topological polar surface area (TPSA) is 0 Å². The molecule has 0 spiro atoms. The van der Waals surface area contributed by atoms with Gasteiger partial charge in [0.15, 0.2) is 0 Å². The quantitative estimate of drug-likeness (QED) is 0.589. The first-order chi connectivity index (χ1) is 9.27. The molecule has 0 aliphatic heterocycles. The van der Waals surface area contributed by atoms with E-state index < -0.39 is 0 Å². The van der Waals surface area contributed by atoms with E-state index in [2.05, 4.69) is 74.5 Å². The number of hydrogen-bond acceptors (Lipinski definition) is 0. The molecule has 2 rings (SSSR count). The van der Waals surface area contributed by atoms with Crippen molar-refractivity contribution in [2.24, 2.45) is 0 Å². The molecule has 0 aromatic heterocycles. The monoisotopic (exact) mass is 252 g/mol. The Balaban J connectivity index is 2.33. The van der Waals surface area contributed by atoms with E-state index in [0.717, 1.165) is 0 Å². The number of benzene rings is 2. The first kappa shape index (κ1) is 13.9. The summed E-state index contributed by atoms with van der Waals surface area (Å²) in [6, 6.07) is 21.8. The number of hydrogen-bond donors (Lipinski definition) is 0. The van der Waals surface area contributed by atoms with E-state index in [1.807, 2.05) is 0 Å². The first-order valence-electron chi connectivity index (χ1n) is 7.38. The third kappa shape index (κ3) is 3.26. The number of rotatable bonds is 6. The van der Waals surface area contributed by atoms with E-state index in [1.165, 1.54) is 36.8 Å². The van der Waals surface area contributed by atoms with Crippen molar-refractivity contribution in [2.45, 2.75) is 44.9 Å². The van der Waals surface area contributed by atoms with Crippen molar-refractivity contribution in [3.63, 3.8) is 0 Å². The van der Waals surface area contributed by atoms with Crippen LogP contribution in [-0.2, 0) is 5.41 Å². The zero-order chi connectivity index (χ0) is 13.6. The average Bonchev–Trinajstić information content (AvgIpc) is 2.49. The van der Waals surface area contributed by atoms with Crippen molar-refractivity contribution >= 4 is 0 Å². The van der Waals surface area contributed by atoms with E-state index in [4.69, 9.17) is 0 Å². The van der Waals surface area contributed by atoms with E-state index in [0.29, 0.717) is 0 Å². The Morgan fingerprint density at radius 1 is 0.737 bits per heavy atom. The van der Waals surface area contributed by atoms with Crippen LogP contribution in [0.25, 0.3) is 0 Å². The van der Waals surface area contributed by atoms with Gasteiger partial charge in [0.05, 0.1) is 0 Å². The predicted octanol–water partition coefficient (Wildman–Crippen LogP) is 5.57. The van der Waals surface area contributed by atoms with Crippen LogP contribution in [-0.4, -0.2) is 0 Å². The normalized spacial score (nSPS) is 11.5. The van der Waals surface area contributed by atoms with Gasteiger partial charge in [0, 0.05) is 5.41 Å². The molecule has 0 radical (unpaired) electrons. The molecule has 2 aromatic rings. The van der Waals surface area contributed by atoms with Crippen LogP contribution in [0.15, 0.2) is 60.7 Å². The van der Waals surface area contributed by atoms with Crippen LogP contribution in [0.2, 0.25) is 0 Å². The van der Waals surface area contributed by atoms with Crippen LogP contribution in [0.3, 0.4) is 0 Å². The second kappa shape index (κ2) is 6.56. The molecule has 0 saturated heterocycles. The summed E-state index contributed by atoms with van der Waals surface area (Å²) in [6.45, 7) is 4.65. The van der Waals surface area contributed by atoms with Crippen LogP contribution < -0.4 is 0 Å². The Bertz CT molecular complexity index is 430. The molecule has 0 aliphatic rings. The maximum absolute atomic E-state index is 2.38. The minimum absolute atomic E-state index is 0.137. The van der Waals surface area contributed by atoms with Crippen LogP contribution in [0.5, 0.6) is 0 Å². The largest absolute Gasteiger partial charge is 0.0654 e. The molecule has 0 atom stereocenters. The highest BCUT2D eigenvalue weighted by Gasteiger charge is 2.27. The Kier molecular flexibility index (Phi) is 4.79. The molecular formula is C19H24. The summed E-state index contributed by atoms with van der Waals surface area (Å²) in [4.78, 5) is 0. The highest BCUT2D eigenvalue weighted by molar-refractivity contribution is 5.38. The van der Waals surface area contributed by atoms with E-state index in [-0.39, 0.29) is 5.41 Å². The lowest BCUT2D eigenvalue weighted by Crippen LogP contribution is -2.23. The van der Waals surface area contributed by atoms with E-state index >= 15 is 0 Å². The van der Waals surface area contributed by atoms with Crippen molar-refractivity contribution in [2.75, 3.05) is 0 Å². The maximum Gasteiger partial charge on any atom is 0.0174 e. The Labute approximate surface area is 117 Å². The second-order valence-electron chi connectivity index (χ2n) is 5.52. The Morgan fingerprint density at radius 3 is 1.63 bits per heavy atom. The lowest BCUT2D eigenvalue weighted by atomic mass is 9.73. The van der Waals surface area contributed by atoms with Crippen molar-refractivity contribution < 1.29 is 0 Å². The molecular weight excluding hydrogens is 228 g/mol. The molecule has 0 saturated carbocycles. The highest BCUT2D eigenvalue weighted by Crippen LogP contribution is 2.36. The van der Waals surface area contributed by atoms with Gasteiger partial charge in [0.1, 0.15) is 0 Å². The standard InChI is InChI=1S/C19H24/c1-3-4-11-16-19(2,17-12-7-5-8-13-17)18-14-9-6-10-15-18/h5-10,12-15H,3-4,11,16H2,1-2H3. The fourth-order valence-corrected chi connectivity index (χ4v) is 2.80. The van der Waals surface area contributed by atoms with Crippen LogP contribution >= 0.6 is 0 Å². The summed E-state index contributed by atoms with van der Waals surface area (Å²) < 4.78 is 0. The summed E-state index contributed by atoms with van der Waals surface area (Å²) in [7, 11) is 0. The predicted molar refractivity (Wildman–Crippen MR) is 83.5 cm³/mol. The van der Waals surface area contributed by atoms with Gasteiger partial charge in [-0.3, -0.25) is 0 Å². The number of unbranched alkanes of at least 4 members (excludes halogenated alkanes) is 2. The first-order valence-corrected chi connectivity index (χ1v) is 7.38. The molecule has 0 bridgehead atoms. The van der Waals surface area contributed by atoms with E-state index in [1.54, 1.807) is 0 Å². The molecule has 19 heavy (non-hydrogen) atoms. The minimum atomic E-state index is 0.137. The summed E-state index contributed by atoms with van der Waals surface area (Å²) >= 11 is 0. The molecule has 0 heteroatoms. The van der Waals surface area contributed by atoms with Crippen LogP contribution in [0.1, 0.15) is 50.7 Å². The van der Waals surface area contributed by atoms with Crippen molar-refractivity contribution in [1.29, 1.82) is 0 Å². The fraction of sp³-hybridized carbons (Fsp3) is 0.368. The van der Waals surface area contributed by atoms with Gasteiger partial charge < -0.3 is 0 Å². The molecule has 0 unspecified atom stereocenters. The van der Waals surface area contributed by atoms with Crippen molar-refractivity contribution in [1.82, 2.24) is 0 Å². The Hall–Kier alpha value is -1.56. The van der Waals surface area contributed by atoms with Gasteiger partial charge in [-0.25, -0.2) is 0 Å². The van der Waals surface area contributed by atoms with Gasteiger partial charge in [-0.15, -0.1) is 0 Å². The van der Waals surface area contributed by atoms with Gasteiger partial charge in [-0.1, -0.05) is 93.8 Å². The molecule has 0 amide bonds. The summed E-state index contributed by atoms with van der Waals surface area (Å²) in [6.07, 6.45) is 5.10.